The van der Waals surface area contributed by atoms with Crippen molar-refractivity contribution in [1.82, 2.24) is 9.59 Å². The van der Waals surface area contributed by atoms with E-state index in [2.05, 4.69) is 9.59 Å². The first-order valence-corrected chi connectivity index (χ1v) is 4.98. The van der Waals surface area contributed by atoms with Gasteiger partial charge in [0.2, 0.25) is 0 Å². The molecule has 0 saturated carbocycles. The third-order valence-corrected chi connectivity index (χ3v) is 2.85. The Hall–Kier alpha value is -1.14. The predicted molar refractivity (Wildman–Crippen MR) is 51.3 cm³/mol. The van der Waals surface area contributed by atoms with Gasteiger partial charge in [0.15, 0.2) is 0 Å². The molecule has 66 valence electrons. The molecule has 0 radical (unpaired) electrons. The molecule has 13 heavy (non-hydrogen) atoms. The number of carbonyl (C=O) groups is 1. The van der Waals surface area contributed by atoms with E-state index in [-0.39, 0.29) is 0 Å². The number of benzene rings is 1. The van der Waals surface area contributed by atoms with Crippen molar-refractivity contribution in [2.45, 2.75) is 4.90 Å². The van der Waals surface area contributed by atoms with Gasteiger partial charge >= 0.3 is 5.30 Å². The summed E-state index contributed by atoms with van der Waals surface area (Å²) in [6, 6.07) is 5.39. The lowest BCUT2D eigenvalue weighted by Crippen LogP contribution is -1.84. The van der Waals surface area contributed by atoms with Crippen LogP contribution in [-0.2, 0) is 0 Å². The molecule has 1 heterocycles. The highest BCUT2D eigenvalue weighted by Crippen LogP contribution is 2.27. The quantitative estimate of drug-likeness (QED) is 0.735. The van der Waals surface area contributed by atoms with E-state index < -0.39 is 5.30 Å². The van der Waals surface area contributed by atoms with E-state index in [4.69, 9.17) is 5.11 Å². The Balaban J connectivity index is 2.54. The van der Waals surface area contributed by atoms with Gasteiger partial charge in [-0.3, -0.25) is 0 Å². The van der Waals surface area contributed by atoms with Gasteiger partial charge in [0.05, 0.1) is 4.70 Å². The standard InChI is InChI=1S/C7H4N2O2S2/c10-7(11)12-4-2-1-3-5-6(4)8-9-13-5/h1-3H,(H,10,11). The minimum absolute atomic E-state index is 0.638. The monoisotopic (exact) mass is 212 g/mol. The molecule has 0 aliphatic carbocycles. The molecule has 1 aromatic heterocycles. The fourth-order valence-corrected chi connectivity index (χ4v) is 2.19. The smallest absolute Gasteiger partial charge is 0.369 e. The molecular formula is C7H4N2O2S2. The van der Waals surface area contributed by atoms with Gasteiger partial charge < -0.3 is 5.11 Å². The van der Waals surface area contributed by atoms with Crippen LogP contribution < -0.4 is 0 Å². The molecule has 2 aromatic rings. The maximum atomic E-state index is 10.5. The molecule has 1 N–H and O–H groups in total. The van der Waals surface area contributed by atoms with E-state index in [0.29, 0.717) is 10.4 Å². The van der Waals surface area contributed by atoms with Crippen molar-refractivity contribution in [1.29, 1.82) is 0 Å². The minimum atomic E-state index is -0.930. The summed E-state index contributed by atoms with van der Waals surface area (Å²) in [7, 11) is 0. The fraction of sp³-hybridized carbons (Fsp3) is 0. The number of nitrogens with zero attached hydrogens (tertiary/aromatic N) is 2. The highest BCUT2D eigenvalue weighted by Gasteiger charge is 2.08. The molecule has 0 amide bonds. The van der Waals surface area contributed by atoms with Crippen molar-refractivity contribution in [3.05, 3.63) is 18.2 Å². The molecule has 2 rings (SSSR count). The van der Waals surface area contributed by atoms with E-state index in [1.807, 2.05) is 6.07 Å². The highest BCUT2D eigenvalue weighted by molar-refractivity contribution is 8.13. The fourth-order valence-electron chi connectivity index (χ4n) is 0.956. The average molecular weight is 212 g/mol. The molecule has 6 heteroatoms. The first kappa shape index (κ1) is 8.46. The Morgan fingerprint density at radius 2 is 2.38 bits per heavy atom. The third kappa shape index (κ3) is 1.63. The maximum Gasteiger partial charge on any atom is 0.369 e. The second kappa shape index (κ2) is 3.31. The van der Waals surface area contributed by atoms with Crippen LogP contribution in [0.25, 0.3) is 10.2 Å². The van der Waals surface area contributed by atoms with Gasteiger partial charge in [-0.2, -0.15) is 0 Å². The average Bonchev–Trinajstić information content (AvgIpc) is 2.51. The summed E-state index contributed by atoms with van der Waals surface area (Å²) in [6.07, 6.45) is 0. The number of carboxylic acid groups (broad SMARTS) is 1. The molecule has 0 atom stereocenters. The first-order valence-electron chi connectivity index (χ1n) is 3.39. The van der Waals surface area contributed by atoms with Gasteiger partial charge in [-0.05, 0) is 35.4 Å². The lowest BCUT2D eigenvalue weighted by Gasteiger charge is -1.94. The Morgan fingerprint density at radius 3 is 3.15 bits per heavy atom. The van der Waals surface area contributed by atoms with Crippen molar-refractivity contribution in [2.75, 3.05) is 0 Å². The van der Waals surface area contributed by atoms with E-state index in [9.17, 15) is 4.79 Å². The van der Waals surface area contributed by atoms with E-state index in [0.717, 1.165) is 16.5 Å². The van der Waals surface area contributed by atoms with Crippen LogP contribution in [0.2, 0.25) is 0 Å². The van der Waals surface area contributed by atoms with Gasteiger partial charge in [-0.1, -0.05) is 10.6 Å². The van der Waals surface area contributed by atoms with Crippen molar-refractivity contribution in [3.63, 3.8) is 0 Å². The van der Waals surface area contributed by atoms with Gasteiger partial charge in [0.25, 0.3) is 0 Å². The molecule has 0 bridgehead atoms. The summed E-state index contributed by atoms with van der Waals surface area (Å²) in [5, 5.41) is 11.5. The molecule has 0 spiro atoms. The van der Waals surface area contributed by atoms with E-state index in [1.54, 1.807) is 12.1 Å². The van der Waals surface area contributed by atoms with Gasteiger partial charge in [0.1, 0.15) is 5.52 Å². The summed E-state index contributed by atoms with van der Waals surface area (Å²) < 4.78 is 4.66. The predicted octanol–water partition coefficient (Wildman–Crippen LogP) is 2.46. The topological polar surface area (TPSA) is 63.1 Å². The van der Waals surface area contributed by atoms with Crippen molar-refractivity contribution < 1.29 is 9.90 Å². The van der Waals surface area contributed by atoms with Crippen LogP contribution in [0.1, 0.15) is 0 Å². The molecule has 0 aliphatic rings. The first-order chi connectivity index (χ1) is 6.27. The lowest BCUT2D eigenvalue weighted by atomic mass is 10.3. The second-order valence-electron chi connectivity index (χ2n) is 2.24. The number of aromatic nitrogens is 2. The summed E-state index contributed by atoms with van der Waals surface area (Å²) in [4.78, 5) is 11.1. The van der Waals surface area contributed by atoms with Crippen LogP contribution in [0.5, 0.6) is 0 Å². The van der Waals surface area contributed by atoms with Crippen LogP contribution >= 0.6 is 23.3 Å². The summed E-state index contributed by atoms with van der Waals surface area (Å²) >= 11 is 2.01. The Morgan fingerprint density at radius 1 is 1.54 bits per heavy atom. The number of hydrogen-bond donors (Lipinski definition) is 1. The zero-order valence-electron chi connectivity index (χ0n) is 6.30. The van der Waals surface area contributed by atoms with Gasteiger partial charge in [-0.15, -0.1) is 5.10 Å². The SMILES string of the molecule is O=C(O)Sc1cccc2snnc12. The highest BCUT2D eigenvalue weighted by atomic mass is 32.2. The second-order valence-corrected chi connectivity index (χ2v) is 4.02. The van der Waals surface area contributed by atoms with Crippen molar-refractivity contribution >= 4 is 38.8 Å². The van der Waals surface area contributed by atoms with Crippen LogP contribution in [0.15, 0.2) is 23.1 Å². The van der Waals surface area contributed by atoms with Crippen LogP contribution in [0.4, 0.5) is 4.79 Å². The van der Waals surface area contributed by atoms with Crippen LogP contribution in [0.3, 0.4) is 0 Å². The minimum Gasteiger partial charge on any atom is -0.473 e. The number of fused-ring (bicyclic) bond motifs is 1. The molecular weight excluding hydrogens is 208 g/mol. The van der Waals surface area contributed by atoms with Crippen LogP contribution in [0, 0.1) is 0 Å². The molecule has 1 aromatic carbocycles. The molecule has 0 unspecified atom stereocenters. The largest absolute Gasteiger partial charge is 0.473 e. The maximum absolute atomic E-state index is 10.5. The summed E-state index contributed by atoms with van der Waals surface area (Å²) in [5.41, 5.74) is 0.667. The van der Waals surface area contributed by atoms with Crippen LogP contribution in [-0.4, -0.2) is 20.0 Å². The molecule has 0 aliphatic heterocycles. The lowest BCUT2D eigenvalue weighted by molar-refractivity contribution is 0.222. The Kier molecular flexibility index (Phi) is 2.15. The van der Waals surface area contributed by atoms with Crippen molar-refractivity contribution in [3.8, 4) is 0 Å². The Bertz CT molecular complexity index is 454. The van der Waals surface area contributed by atoms with Gasteiger partial charge in [0, 0.05) is 4.90 Å². The van der Waals surface area contributed by atoms with Gasteiger partial charge in [-0.25, -0.2) is 4.79 Å². The zero-order valence-corrected chi connectivity index (χ0v) is 7.93. The number of thioether (sulfide) groups is 1. The number of hydrogen-bond acceptors (Lipinski definition) is 5. The zero-order chi connectivity index (χ0) is 9.26. The number of rotatable bonds is 1. The summed E-state index contributed by atoms with van der Waals surface area (Å²) in [5.74, 6) is 0. The molecule has 0 saturated heterocycles. The Labute approximate surface area is 81.7 Å². The van der Waals surface area contributed by atoms with E-state index in [1.165, 1.54) is 11.5 Å². The molecule has 0 fully saturated rings. The summed E-state index contributed by atoms with van der Waals surface area (Å²) in [6.45, 7) is 0. The third-order valence-electron chi connectivity index (χ3n) is 1.44. The normalized spacial score (nSPS) is 10.5. The molecule has 4 nitrogen and oxygen atoms in total. The van der Waals surface area contributed by atoms with Crippen molar-refractivity contribution in [2.24, 2.45) is 0 Å². The van der Waals surface area contributed by atoms with E-state index >= 15 is 0 Å².